The Bertz CT molecular complexity index is 110. The highest BCUT2D eigenvalue weighted by atomic mass is 32.1. The minimum Gasteiger partial charge on any atom is -0.444 e. The minimum atomic E-state index is -4.48. The SMILES string of the molecule is [O]C(=S)OCC(F)(F)F. The van der Waals surface area contributed by atoms with Gasteiger partial charge in [-0.2, -0.15) is 13.2 Å². The third-order valence-corrected chi connectivity index (χ3v) is 0.472. The maximum atomic E-state index is 11.1. The highest BCUT2D eigenvalue weighted by Crippen LogP contribution is 2.14. The van der Waals surface area contributed by atoms with Crippen LogP contribution in [-0.2, 0) is 9.84 Å². The molecule has 0 N–H and O–H groups in total. The molecule has 0 atom stereocenters. The molecule has 0 spiro atoms. The van der Waals surface area contributed by atoms with Gasteiger partial charge in [-0.25, -0.2) is 5.11 Å². The molecule has 0 heterocycles. The second kappa shape index (κ2) is 2.86. The summed E-state index contributed by atoms with van der Waals surface area (Å²) < 4.78 is 36.7. The summed E-state index contributed by atoms with van der Waals surface area (Å²) in [5, 5.41) is 8.24. The van der Waals surface area contributed by atoms with E-state index in [4.69, 9.17) is 0 Å². The number of rotatable bonds is 1. The second-order valence-electron chi connectivity index (χ2n) is 1.15. The topological polar surface area (TPSA) is 29.1 Å². The molecular weight excluding hydrogens is 157 g/mol. The van der Waals surface area contributed by atoms with Crippen molar-refractivity contribution in [2.75, 3.05) is 6.61 Å². The fourth-order valence-electron chi connectivity index (χ4n) is 0.141. The number of alkyl halides is 3. The average Bonchev–Trinajstić information content (AvgIpc) is 1.59. The molecule has 0 aromatic heterocycles. The Balaban J connectivity index is 3.39. The van der Waals surface area contributed by atoms with Gasteiger partial charge in [0.25, 0.3) is 0 Å². The Morgan fingerprint density at radius 3 is 2.11 bits per heavy atom. The van der Waals surface area contributed by atoms with E-state index in [1.54, 1.807) is 0 Å². The highest BCUT2D eigenvalue weighted by Gasteiger charge is 2.28. The summed E-state index contributed by atoms with van der Waals surface area (Å²) in [4.78, 5) is 0. The van der Waals surface area contributed by atoms with Gasteiger partial charge >= 0.3 is 11.4 Å². The van der Waals surface area contributed by atoms with Crippen molar-refractivity contribution in [1.29, 1.82) is 0 Å². The molecule has 0 aliphatic carbocycles. The molecule has 0 saturated carbocycles. The van der Waals surface area contributed by atoms with Crippen LogP contribution >= 0.6 is 12.2 Å². The predicted octanol–water partition coefficient (Wildman–Crippen LogP) is 1.28. The molecule has 0 aliphatic rings. The lowest BCUT2D eigenvalue weighted by atomic mass is 10.7. The standard InChI is InChI=1S/C3H2F3O2S/c4-3(5,6)1-8-2(7)9/h1H2. The molecule has 6 heteroatoms. The molecule has 53 valence electrons. The van der Waals surface area contributed by atoms with Gasteiger partial charge in [-0.3, -0.25) is 0 Å². The quantitative estimate of drug-likeness (QED) is 0.539. The van der Waals surface area contributed by atoms with Crippen LogP contribution in [0.25, 0.3) is 0 Å². The summed E-state index contributed by atoms with van der Waals surface area (Å²) in [5.41, 5.74) is 0. The molecule has 1 radical (unpaired) electrons. The van der Waals surface area contributed by atoms with Crippen LogP contribution in [0.4, 0.5) is 13.2 Å². The van der Waals surface area contributed by atoms with Crippen molar-refractivity contribution in [2.24, 2.45) is 0 Å². The first-order chi connectivity index (χ1) is 3.92. The molecule has 0 bridgehead atoms. The third-order valence-electron chi connectivity index (χ3n) is 0.354. The maximum Gasteiger partial charge on any atom is 0.422 e. The van der Waals surface area contributed by atoms with Crippen molar-refractivity contribution in [3.05, 3.63) is 0 Å². The highest BCUT2D eigenvalue weighted by molar-refractivity contribution is 7.79. The van der Waals surface area contributed by atoms with Gasteiger partial charge in [-0.15, -0.1) is 0 Å². The zero-order chi connectivity index (χ0) is 7.49. The Kier molecular flexibility index (Phi) is 2.69. The van der Waals surface area contributed by atoms with E-state index in [2.05, 4.69) is 17.0 Å². The van der Waals surface area contributed by atoms with Gasteiger partial charge in [0.1, 0.15) is 0 Å². The second-order valence-corrected chi connectivity index (χ2v) is 1.49. The zero-order valence-electron chi connectivity index (χ0n) is 4.07. The zero-order valence-corrected chi connectivity index (χ0v) is 4.88. The normalized spacial score (nSPS) is 11.0. The van der Waals surface area contributed by atoms with Gasteiger partial charge in [0.05, 0.1) is 0 Å². The van der Waals surface area contributed by atoms with Gasteiger partial charge in [-0.1, -0.05) is 0 Å². The van der Waals surface area contributed by atoms with E-state index in [1.165, 1.54) is 0 Å². The van der Waals surface area contributed by atoms with Gasteiger partial charge in [0.15, 0.2) is 6.61 Å². The van der Waals surface area contributed by atoms with Gasteiger partial charge < -0.3 is 4.74 Å². The van der Waals surface area contributed by atoms with Crippen LogP contribution in [0.15, 0.2) is 0 Å². The van der Waals surface area contributed by atoms with Gasteiger partial charge in [0, 0.05) is 12.2 Å². The number of thiocarbonyl (C=S) groups is 1. The van der Waals surface area contributed by atoms with Crippen molar-refractivity contribution < 1.29 is 23.0 Å². The predicted molar refractivity (Wildman–Crippen MR) is 25.3 cm³/mol. The van der Waals surface area contributed by atoms with E-state index in [9.17, 15) is 18.3 Å². The summed E-state index contributed by atoms with van der Waals surface area (Å²) in [6.45, 7) is -1.60. The Morgan fingerprint density at radius 1 is 1.56 bits per heavy atom. The van der Waals surface area contributed by atoms with E-state index >= 15 is 0 Å². The summed E-state index contributed by atoms with van der Waals surface area (Å²) in [6.07, 6.45) is -4.48. The third kappa shape index (κ3) is 7.48. The molecule has 2 nitrogen and oxygen atoms in total. The van der Waals surface area contributed by atoms with Crippen LogP contribution in [0.3, 0.4) is 0 Å². The molecule has 0 rings (SSSR count). The Morgan fingerprint density at radius 2 is 2.00 bits per heavy atom. The van der Waals surface area contributed by atoms with Crippen LogP contribution < -0.4 is 0 Å². The van der Waals surface area contributed by atoms with Gasteiger partial charge in [0.2, 0.25) is 0 Å². The summed E-state index contributed by atoms with van der Waals surface area (Å²) >= 11 is 3.69. The molecule has 0 aromatic carbocycles. The molecule has 0 amide bonds. The van der Waals surface area contributed by atoms with Gasteiger partial charge in [-0.05, 0) is 0 Å². The molecule has 0 fully saturated rings. The van der Waals surface area contributed by atoms with E-state index in [0.717, 1.165) is 0 Å². The number of halogens is 3. The van der Waals surface area contributed by atoms with E-state index in [0.29, 0.717) is 0 Å². The van der Waals surface area contributed by atoms with Crippen molar-refractivity contribution in [1.82, 2.24) is 0 Å². The number of ether oxygens (including phenoxy) is 1. The van der Waals surface area contributed by atoms with Crippen LogP contribution in [0.2, 0.25) is 0 Å². The average molecular weight is 159 g/mol. The van der Waals surface area contributed by atoms with E-state index < -0.39 is 18.0 Å². The molecule has 9 heavy (non-hydrogen) atoms. The fraction of sp³-hybridized carbons (Fsp3) is 0.667. The number of hydrogen-bond acceptors (Lipinski definition) is 2. The van der Waals surface area contributed by atoms with Crippen molar-refractivity contribution in [3.63, 3.8) is 0 Å². The monoisotopic (exact) mass is 159 g/mol. The summed E-state index contributed by atoms with van der Waals surface area (Å²) in [5.74, 6) is 0. The molecule has 0 aliphatic heterocycles. The summed E-state index contributed by atoms with van der Waals surface area (Å²) in [6, 6.07) is 0. The first kappa shape index (κ1) is 8.48. The van der Waals surface area contributed by atoms with Crippen molar-refractivity contribution in [3.8, 4) is 0 Å². The molecular formula is C3H2F3O2S. The van der Waals surface area contributed by atoms with E-state index in [1.807, 2.05) is 0 Å². The van der Waals surface area contributed by atoms with Crippen molar-refractivity contribution >= 4 is 17.5 Å². The summed E-state index contributed by atoms with van der Waals surface area (Å²) in [7, 11) is 0. The fourth-order valence-corrected chi connectivity index (χ4v) is 0.200. The smallest absolute Gasteiger partial charge is 0.422 e. The first-order valence-corrected chi connectivity index (χ1v) is 2.23. The molecule has 0 saturated heterocycles. The van der Waals surface area contributed by atoms with E-state index in [-0.39, 0.29) is 0 Å². The molecule has 0 aromatic rings. The largest absolute Gasteiger partial charge is 0.444 e. The van der Waals surface area contributed by atoms with Crippen LogP contribution in [0.1, 0.15) is 0 Å². The number of hydrogen-bond donors (Lipinski definition) is 0. The van der Waals surface area contributed by atoms with Crippen LogP contribution in [0, 0.1) is 0 Å². The lowest BCUT2D eigenvalue weighted by Crippen LogP contribution is -2.18. The van der Waals surface area contributed by atoms with Crippen molar-refractivity contribution in [2.45, 2.75) is 6.18 Å². The lowest BCUT2D eigenvalue weighted by molar-refractivity contribution is -0.159. The Labute approximate surface area is 54.2 Å². The minimum absolute atomic E-state index is 1.34. The maximum absolute atomic E-state index is 11.1. The first-order valence-electron chi connectivity index (χ1n) is 1.82. The van der Waals surface area contributed by atoms with Crippen LogP contribution in [-0.4, -0.2) is 18.0 Å². The molecule has 0 unspecified atom stereocenters. The van der Waals surface area contributed by atoms with Crippen LogP contribution in [0.5, 0.6) is 0 Å². The lowest BCUT2D eigenvalue weighted by Gasteiger charge is -2.03. The Hall–Kier alpha value is -0.520.